The van der Waals surface area contributed by atoms with Crippen molar-refractivity contribution in [3.63, 3.8) is 0 Å². The van der Waals surface area contributed by atoms with Gasteiger partial charge in [-0.2, -0.15) is 0 Å². The molecule has 1 amide bonds. The van der Waals surface area contributed by atoms with Crippen molar-refractivity contribution in [2.75, 3.05) is 25.3 Å². The number of ether oxygens (including phenoxy) is 2. The minimum absolute atomic E-state index is 0.0709. The van der Waals surface area contributed by atoms with Crippen LogP contribution in [0.5, 0.6) is 11.5 Å². The molecule has 2 aromatic carbocycles. The molecule has 0 spiro atoms. The van der Waals surface area contributed by atoms with Crippen molar-refractivity contribution in [1.29, 1.82) is 0 Å². The Labute approximate surface area is 204 Å². The van der Waals surface area contributed by atoms with Gasteiger partial charge in [0.05, 0.1) is 31.0 Å². The van der Waals surface area contributed by atoms with E-state index >= 15 is 0 Å². The summed E-state index contributed by atoms with van der Waals surface area (Å²) in [5.41, 5.74) is 2.41. The normalized spacial score (nSPS) is 12.5. The average molecular weight is 494 g/mol. The number of nitrogens with one attached hydrogen (secondary N) is 1. The second-order valence-electron chi connectivity index (χ2n) is 7.81. The molecule has 0 aliphatic heterocycles. The smallest absolute Gasteiger partial charge is 0.267 e. The summed E-state index contributed by atoms with van der Waals surface area (Å²) in [4.78, 5) is 33.2. The number of nitrogens with zero attached hydrogens (tertiary/aromatic N) is 2. The summed E-state index contributed by atoms with van der Waals surface area (Å²) in [6, 6.07) is 14.7. The molecule has 0 atom stereocenters. The van der Waals surface area contributed by atoms with E-state index in [2.05, 4.69) is 5.32 Å². The fourth-order valence-electron chi connectivity index (χ4n) is 4.17. The largest absolute Gasteiger partial charge is 0.493 e. The molecule has 174 valence electrons. The average Bonchev–Trinajstić information content (AvgIpc) is 3.44. The fraction of sp³-hybridized carbons (Fsp3) is 0.240. The van der Waals surface area contributed by atoms with Crippen LogP contribution >= 0.6 is 23.1 Å². The van der Waals surface area contributed by atoms with Crippen LogP contribution in [0.1, 0.15) is 16.9 Å². The van der Waals surface area contributed by atoms with Crippen molar-refractivity contribution in [2.45, 2.75) is 24.4 Å². The summed E-state index contributed by atoms with van der Waals surface area (Å²) < 4.78 is 12.2. The number of methoxy groups -OCH3 is 2. The van der Waals surface area contributed by atoms with Crippen molar-refractivity contribution in [2.24, 2.45) is 0 Å². The highest BCUT2D eigenvalue weighted by Crippen LogP contribution is 2.36. The quantitative estimate of drug-likeness (QED) is 0.297. The predicted octanol–water partition coefficient (Wildman–Crippen LogP) is 4.68. The number of amides is 1. The number of aryl methyl sites for hydroxylation is 2. The standard InChI is InChI=1S/C25H23N3O4S2/c1-31-18-12-11-15(13-19(18)32-2)26-21(29)14-33-25-27-23-22(17-9-6-10-20(17)34-23)24(30)28(25)16-7-4-3-5-8-16/h3-5,7-8,11-13H,6,9-10,14H2,1-2H3,(H,26,29). The van der Waals surface area contributed by atoms with Crippen LogP contribution in [0, 0.1) is 0 Å². The third kappa shape index (κ3) is 4.17. The third-order valence-electron chi connectivity index (χ3n) is 5.72. The van der Waals surface area contributed by atoms with Gasteiger partial charge < -0.3 is 14.8 Å². The molecule has 1 aliphatic carbocycles. The highest BCUT2D eigenvalue weighted by molar-refractivity contribution is 7.99. The minimum Gasteiger partial charge on any atom is -0.493 e. The fourth-order valence-corrected chi connectivity index (χ4v) is 6.28. The maximum atomic E-state index is 13.6. The van der Waals surface area contributed by atoms with Gasteiger partial charge in [-0.05, 0) is 49.1 Å². The van der Waals surface area contributed by atoms with Crippen molar-refractivity contribution >= 4 is 44.9 Å². The first kappa shape index (κ1) is 22.5. The van der Waals surface area contributed by atoms with Gasteiger partial charge >= 0.3 is 0 Å². The summed E-state index contributed by atoms with van der Waals surface area (Å²) in [6.07, 6.45) is 2.99. The molecule has 1 N–H and O–H groups in total. The monoisotopic (exact) mass is 493 g/mol. The number of benzene rings is 2. The summed E-state index contributed by atoms with van der Waals surface area (Å²) in [5, 5.41) is 4.10. The lowest BCUT2D eigenvalue weighted by Gasteiger charge is -2.13. The van der Waals surface area contributed by atoms with Crippen LogP contribution in [0.15, 0.2) is 58.5 Å². The van der Waals surface area contributed by atoms with Gasteiger partial charge in [0.25, 0.3) is 5.56 Å². The zero-order chi connectivity index (χ0) is 23.7. The van der Waals surface area contributed by atoms with E-state index in [1.54, 1.807) is 48.3 Å². The number of carbonyl (C=O) groups is 1. The van der Waals surface area contributed by atoms with E-state index in [0.29, 0.717) is 22.3 Å². The van der Waals surface area contributed by atoms with Crippen molar-refractivity contribution in [1.82, 2.24) is 9.55 Å². The molecule has 1 aliphatic rings. The van der Waals surface area contributed by atoms with Gasteiger partial charge in [-0.15, -0.1) is 11.3 Å². The van der Waals surface area contributed by atoms with E-state index in [4.69, 9.17) is 14.5 Å². The van der Waals surface area contributed by atoms with Gasteiger partial charge in [-0.3, -0.25) is 14.2 Å². The van der Waals surface area contributed by atoms with Gasteiger partial charge in [-0.25, -0.2) is 4.98 Å². The first-order valence-electron chi connectivity index (χ1n) is 10.9. The Bertz CT molecular complexity index is 1430. The zero-order valence-electron chi connectivity index (χ0n) is 18.8. The molecule has 2 aromatic heterocycles. The molecule has 7 nitrogen and oxygen atoms in total. The number of para-hydroxylation sites is 1. The van der Waals surface area contributed by atoms with Crippen LogP contribution in [-0.2, 0) is 17.6 Å². The predicted molar refractivity (Wildman–Crippen MR) is 136 cm³/mol. The second-order valence-corrected chi connectivity index (χ2v) is 9.84. The maximum Gasteiger partial charge on any atom is 0.267 e. The molecular weight excluding hydrogens is 470 g/mol. The number of carbonyl (C=O) groups excluding carboxylic acids is 1. The lowest BCUT2D eigenvalue weighted by atomic mass is 10.2. The summed E-state index contributed by atoms with van der Waals surface area (Å²) >= 11 is 2.85. The number of hydrogen-bond donors (Lipinski definition) is 1. The Morgan fingerprint density at radius 1 is 1.12 bits per heavy atom. The summed E-state index contributed by atoms with van der Waals surface area (Å²) in [5.74, 6) is 1.01. The van der Waals surface area contributed by atoms with Crippen LogP contribution in [-0.4, -0.2) is 35.4 Å². The van der Waals surface area contributed by atoms with E-state index in [0.717, 1.165) is 40.7 Å². The Morgan fingerprint density at radius 2 is 1.91 bits per heavy atom. The molecule has 9 heteroatoms. The van der Waals surface area contributed by atoms with Gasteiger partial charge in [0.2, 0.25) is 5.91 Å². The van der Waals surface area contributed by atoms with E-state index in [-0.39, 0.29) is 17.2 Å². The molecule has 0 bridgehead atoms. The van der Waals surface area contributed by atoms with E-state index in [1.165, 1.54) is 16.6 Å². The topological polar surface area (TPSA) is 82.5 Å². The molecule has 0 radical (unpaired) electrons. The first-order valence-corrected chi connectivity index (χ1v) is 12.7. The SMILES string of the molecule is COc1ccc(NC(=O)CSc2nc3sc4c(c3c(=O)n2-c2ccccc2)CCC4)cc1OC. The molecule has 5 rings (SSSR count). The van der Waals surface area contributed by atoms with E-state index < -0.39 is 0 Å². The van der Waals surface area contributed by atoms with Crippen molar-refractivity contribution < 1.29 is 14.3 Å². The zero-order valence-corrected chi connectivity index (χ0v) is 20.4. The van der Waals surface area contributed by atoms with Crippen molar-refractivity contribution in [3.8, 4) is 17.2 Å². The molecular formula is C25H23N3O4S2. The number of thioether (sulfide) groups is 1. The van der Waals surface area contributed by atoms with Gasteiger partial charge in [0.15, 0.2) is 16.7 Å². The Morgan fingerprint density at radius 3 is 2.68 bits per heavy atom. The Kier molecular flexibility index (Phi) is 6.30. The highest BCUT2D eigenvalue weighted by Gasteiger charge is 2.24. The van der Waals surface area contributed by atoms with Crippen molar-refractivity contribution in [3.05, 3.63) is 69.3 Å². The highest BCUT2D eigenvalue weighted by atomic mass is 32.2. The number of aromatic nitrogens is 2. The first-order chi connectivity index (χ1) is 16.6. The van der Waals surface area contributed by atoms with Crippen LogP contribution in [0.4, 0.5) is 5.69 Å². The van der Waals surface area contributed by atoms with E-state index in [1.807, 2.05) is 30.3 Å². The number of thiophene rings is 1. The van der Waals surface area contributed by atoms with Crippen LogP contribution in [0.25, 0.3) is 15.9 Å². The molecule has 2 heterocycles. The lowest BCUT2D eigenvalue weighted by molar-refractivity contribution is -0.113. The molecule has 0 saturated carbocycles. The maximum absolute atomic E-state index is 13.6. The van der Waals surface area contributed by atoms with Gasteiger partial charge in [0.1, 0.15) is 4.83 Å². The van der Waals surface area contributed by atoms with Crippen LogP contribution in [0.3, 0.4) is 0 Å². The molecule has 0 fully saturated rings. The van der Waals surface area contributed by atoms with Crippen LogP contribution in [0.2, 0.25) is 0 Å². The number of anilines is 1. The molecule has 0 unspecified atom stereocenters. The molecule has 4 aromatic rings. The van der Waals surface area contributed by atoms with Crippen LogP contribution < -0.4 is 20.3 Å². The second kappa shape index (κ2) is 9.52. The summed E-state index contributed by atoms with van der Waals surface area (Å²) in [7, 11) is 3.11. The molecule has 0 saturated heterocycles. The third-order valence-corrected chi connectivity index (χ3v) is 7.85. The number of rotatable bonds is 7. The van der Waals surface area contributed by atoms with E-state index in [9.17, 15) is 9.59 Å². The molecule has 34 heavy (non-hydrogen) atoms. The number of hydrogen-bond acceptors (Lipinski definition) is 7. The number of fused-ring (bicyclic) bond motifs is 3. The summed E-state index contributed by atoms with van der Waals surface area (Å²) in [6.45, 7) is 0. The van der Waals surface area contributed by atoms with Gasteiger partial charge in [-0.1, -0.05) is 30.0 Å². The minimum atomic E-state index is -0.208. The Hall–Kier alpha value is -3.30. The lowest BCUT2D eigenvalue weighted by Crippen LogP contribution is -2.23. The van der Waals surface area contributed by atoms with Gasteiger partial charge in [0, 0.05) is 16.6 Å². The Balaban J connectivity index is 1.44.